The Morgan fingerprint density at radius 1 is 1.41 bits per heavy atom. The van der Waals surface area contributed by atoms with Gasteiger partial charge in [-0.1, -0.05) is 32.1 Å². The number of hydrogen-bond acceptors (Lipinski definition) is 3. The monoisotopic (exact) mass is 251 g/mol. The number of nitrogens with two attached hydrogens (primary N) is 1. The maximum Gasteiger partial charge on any atom is 0.129 e. The number of rotatable bonds is 5. The molecular formula is C13H21N3S. The van der Waals surface area contributed by atoms with Crippen LogP contribution in [0.4, 0.5) is 5.82 Å². The summed E-state index contributed by atoms with van der Waals surface area (Å²) >= 11 is 4.94. The molecule has 0 amide bonds. The van der Waals surface area contributed by atoms with Crippen molar-refractivity contribution in [3.8, 4) is 0 Å². The van der Waals surface area contributed by atoms with Crippen LogP contribution in [-0.4, -0.2) is 23.1 Å². The molecule has 94 valence electrons. The largest absolute Gasteiger partial charge is 0.388 e. The molecule has 0 aromatic carbocycles. The van der Waals surface area contributed by atoms with E-state index in [1.54, 1.807) is 0 Å². The molecule has 1 aromatic heterocycles. The summed E-state index contributed by atoms with van der Waals surface area (Å²) in [4.78, 5) is 6.97. The average Bonchev–Trinajstić information content (AvgIpc) is 2.27. The average molecular weight is 251 g/mol. The first-order valence-corrected chi connectivity index (χ1v) is 6.32. The minimum Gasteiger partial charge on any atom is -0.388 e. The zero-order valence-electron chi connectivity index (χ0n) is 11.0. The van der Waals surface area contributed by atoms with Crippen LogP contribution >= 0.6 is 12.2 Å². The van der Waals surface area contributed by atoms with E-state index in [9.17, 15) is 0 Å². The summed E-state index contributed by atoms with van der Waals surface area (Å²) in [6.07, 6.45) is 1.13. The zero-order valence-corrected chi connectivity index (χ0v) is 11.8. The molecular weight excluding hydrogens is 230 g/mol. The van der Waals surface area contributed by atoms with E-state index in [2.05, 4.69) is 37.7 Å². The van der Waals surface area contributed by atoms with Crippen LogP contribution in [0.2, 0.25) is 0 Å². The van der Waals surface area contributed by atoms with Crippen molar-refractivity contribution in [2.45, 2.75) is 33.2 Å². The Morgan fingerprint density at radius 3 is 2.59 bits per heavy atom. The summed E-state index contributed by atoms with van der Waals surface area (Å²) in [5.41, 5.74) is 6.27. The maximum absolute atomic E-state index is 5.59. The summed E-state index contributed by atoms with van der Waals surface area (Å²) in [6.45, 7) is 6.65. The Labute approximate surface area is 109 Å². The van der Waals surface area contributed by atoms with Crippen molar-refractivity contribution in [3.05, 3.63) is 23.9 Å². The van der Waals surface area contributed by atoms with Crippen LogP contribution in [0.3, 0.4) is 0 Å². The Balaban J connectivity index is 2.84. The van der Waals surface area contributed by atoms with E-state index < -0.39 is 0 Å². The molecule has 0 spiro atoms. The highest BCUT2D eigenvalue weighted by Gasteiger charge is 2.13. The third-order valence-electron chi connectivity index (χ3n) is 2.82. The summed E-state index contributed by atoms with van der Waals surface area (Å²) in [6, 6.07) is 6.21. The molecule has 0 aliphatic carbocycles. The molecule has 3 nitrogen and oxygen atoms in total. The van der Waals surface area contributed by atoms with Gasteiger partial charge < -0.3 is 10.6 Å². The second-order valence-electron chi connectivity index (χ2n) is 4.83. The minimum absolute atomic E-state index is 0.344. The van der Waals surface area contributed by atoms with Crippen molar-refractivity contribution in [1.82, 2.24) is 4.98 Å². The predicted molar refractivity (Wildman–Crippen MR) is 77.4 cm³/mol. The van der Waals surface area contributed by atoms with E-state index in [1.165, 1.54) is 0 Å². The van der Waals surface area contributed by atoms with Crippen molar-refractivity contribution in [1.29, 1.82) is 0 Å². The summed E-state index contributed by atoms with van der Waals surface area (Å²) in [7, 11) is 2.05. The van der Waals surface area contributed by atoms with E-state index in [1.807, 2.05) is 18.2 Å². The molecule has 0 saturated carbocycles. The molecule has 1 rings (SSSR count). The number of nitrogens with zero attached hydrogens (tertiary/aromatic N) is 2. The first-order chi connectivity index (χ1) is 7.91. The van der Waals surface area contributed by atoms with Gasteiger partial charge in [-0.3, -0.25) is 0 Å². The number of thiocarbonyl (C=S) groups is 1. The van der Waals surface area contributed by atoms with E-state index in [-0.39, 0.29) is 0 Å². The highest BCUT2D eigenvalue weighted by atomic mass is 32.1. The lowest BCUT2D eigenvalue weighted by Crippen LogP contribution is -2.31. The van der Waals surface area contributed by atoms with Gasteiger partial charge >= 0.3 is 0 Å². The number of hydrogen-bond donors (Lipinski definition) is 1. The van der Waals surface area contributed by atoms with Gasteiger partial charge in [0.05, 0.1) is 5.69 Å². The molecule has 1 atom stereocenters. The van der Waals surface area contributed by atoms with Crippen LogP contribution in [0.15, 0.2) is 18.2 Å². The van der Waals surface area contributed by atoms with Crippen LogP contribution in [0, 0.1) is 5.92 Å². The molecule has 0 bridgehead atoms. The smallest absolute Gasteiger partial charge is 0.129 e. The number of aromatic nitrogens is 1. The SMILES string of the molecule is CC(C)CC(C)N(C)c1cccc(C(N)=S)n1. The van der Waals surface area contributed by atoms with Crippen molar-refractivity contribution in [2.75, 3.05) is 11.9 Å². The van der Waals surface area contributed by atoms with Crippen LogP contribution in [0.25, 0.3) is 0 Å². The topological polar surface area (TPSA) is 42.1 Å². The van der Waals surface area contributed by atoms with Gasteiger partial charge in [-0.25, -0.2) is 4.98 Å². The molecule has 0 radical (unpaired) electrons. The maximum atomic E-state index is 5.59. The molecule has 17 heavy (non-hydrogen) atoms. The second-order valence-corrected chi connectivity index (χ2v) is 5.27. The van der Waals surface area contributed by atoms with Crippen molar-refractivity contribution in [3.63, 3.8) is 0 Å². The van der Waals surface area contributed by atoms with Gasteiger partial charge in [-0.15, -0.1) is 0 Å². The van der Waals surface area contributed by atoms with Gasteiger partial charge in [0, 0.05) is 13.1 Å². The highest BCUT2D eigenvalue weighted by Crippen LogP contribution is 2.17. The fourth-order valence-corrected chi connectivity index (χ4v) is 1.94. The van der Waals surface area contributed by atoms with Gasteiger partial charge in [0.2, 0.25) is 0 Å². The Bertz CT molecular complexity index is 390. The minimum atomic E-state index is 0.344. The van der Waals surface area contributed by atoms with Crippen LogP contribution in [-0.2, 0) is 0 Å². The fraction of sp³-hybridized carbons (Fsp3) is 0.538. The molecule has 4 heteroatoms. The van der Waals surface area contributed by atoms with E-state index in [4.69, 9.17) is 18.0 Å². The third kappa shape index (κ3) is 3.97. The van der Waals surface area contributed by atoms with Gasteiger partial charge in [0.1, 0.15) is 10.8 Å². The summed E-state index contributed by atoms with van der Waals surface area (Å²) < 4.78 is 0. The van der Waals surface area contributed by atoms with Crippen molar-refractivity contribution in [2.24, 2.45) is 11.7 Å². The highest BCUT2D eigenvalue weighted by molar-refractivity contribution is 7.80. The predicted octanol–water partition coefficient (Wildman–Crippen LogP) is 2.59. The standard InChI is InChI=1S/C13H21N3S/c1-9(2)8-10(3)16(4)12-7-5-6-11(15-12)13(14)17/h5-7,9-10H,8H2,1-4H3,(H2,14,17). The van der Waals surface area contributed by atoms with E-state index in [0.717, 1.165) is 12.2 Å². The van der Waals surface area contributed by atoms with Crippen LogP contribution < -0.4 is 10.6 Å². The quantitative estimate of drug-likeness (QED) is 0.817. The molecule has 2 N–H and O–H groups in total. The molecule has 0 fully saturated rings. The van der Waals surface area contributed by atoms with Gasteiger partial charge in [-0.2, -0.15) is 0 Å². The second kappa shape index (κ2) is 5.96. The Morgan fingerprint density at radius 2 is 2.06 bits per heavy atom. The third-order valence-corrected chi connectivity index (χ3v) is 3.03. The summed E-state index contributed by atoms with van der Waals surface area (Å²) in [5.74, 6) is 1.59. The molecule has 1 aromatic rings. The lowest BCUT2D eigenvalue weighted by atomic mass is 10.0. The number of anilines is 1. The van der Waals surface area contributed by atoms with Gasteiger partial charge in [0.25, 0.3) is 0 Å². The molecule has 0 aliphatic heterocycles. The van der Waals surface area contributed by atoms with Crippen molar-refractivity contribution >= 4 is 23.0 Å². The van der Waals surface area contributed by atoms with Gasteiger partial charge in [-0.05, 0) is 31.4 Å². The van der Waals surface area contributed by atoms with E-state index in [0.29, 0.717) is 22.6 Å². The van der Waals surface area contributed by atoms with Crippen molar-refractivity contribution < 1.29 is 0 Å². The summed E-state index contributed by atoms with van der Waals surface area (Å²) in [5, 5.41) is 0. The van der Waals surface area contributed by atoms with Crippen LogP contribution in [0.5, 0.6) is 0 Å². The Hall–Kier alpha value is -1.16. The van der Waals surface area contributed by atoms with Gasteiger partial charge in [0.15, 0.2) is 0 Å². The lowest BCUT2D eigenvalue weighted by molar-refractivity contribution is 0.502. The fourth-order valence-electron chi connectivity index (χ4n) is 1.82. The molecule has 1 heterocycles. The normalized spacial score (nSPS) is 12.5. The van der Waals surface area contributed by atoms with E-state index >= 15 is 0 Å². The Kier molecular flexibility index (Phi) is 4.87. The zero-order chi connectivity index (χ0) is 13.0. The van der Waals surface area contributed by atoms with Crippen LogP contribution in [0.1, 0.15) is 32.9 Å². The number of pyridine rings is 1. The first-order valence-electron chi connectivity index (χ1n) is 5.91. The molecule has 0 aliphatic rings. The molecule has 0 saturated heterocycles. The first kappa shape index (κ1) is 13.9. The lowest BCUT2D eigenvalue weighted by Gasteiger charge is -2.27. The molecule has 1 unspecified atom stereocenters.